The third-order valence-electron chi connectivity index (χ3n) is 4.66. The Bertz CT molecular complexity index is 1010. The molecule has 168 valence electrons. The topological polar surface area (TPSA) is 75.8 Å². The Labute approximate surface area is 194 Å². The molecule has 0 amide bonds. The maximum Gasteiger partial charge on any atom is 0.203 e. The first kappa shape index (κ1) is 23.0. The molecule has 0 heterocycles. The van der Waals surface area contributed by atoms with Crippen molar-refractivity contribution in [3.8, 4) is 17.2 Å². The maximum absolute atomic E-state index is 5.46. The van der Waals surface area contributed by atoms with E-state index >= 15 is 0 Å². The fourth-order valence-corrected chi connectivity index (χ4v) is 3.30. The second kappa shape index (κ2) is 11.7. The van der Waals surface area contributed by atoms with E-state index in [1.165, 1.54) is 0 Å². The molecule has 0 aliphatic rings. The van der Waals surface area contributed by atoms with Gasteiger partial charge in [0.05, 0.1) is 28.0 Å². The summed E-state index contributed by atoms with van der Waals surface area (Å²) in [6, 6.07) is 21.8. The standard InChI is InChI=1S/C24H28N4O3S/c1-29-21-12-17(13-22(30-2)23(21)31-3)15-25-24(32)28-20-11-7-10-19(14-20)27-16-26-18-8-5-4-6-9-18/h4-14,26-27H,15-16H2,1-3H3,(H2,25,28,32). The number of rotatable bonds is 10. The third-order valence-corrected chi connectivity index (χ3v) is 4.90. The number of hydrogen-bond donors (Lipinski definition) is 4. The Balaban J connectivity index is 1.53. The second-order valence-electron chi connectivity index (χ2n) is 6.82. The minimum Gasteiger partial charge on any atom is -0.493 e. The van der Waals surface area contributed by atoms with Gasteiger partial charge in [0, 0.05) is 23.6 Å². The van der Waals surface area contributed by atoms with Gasteiger partial charge in [0.25, 0.3) is 0 Å². The first-order chi connectivity index (χ1) is 15.6. The van der Waals surface area contributed by atoms with Crippen LogP contribution in [0, 0.1) is 0 Å². The van der Waals surface area contributed by atoms with Gasteiger partial charge in [-0.1, -0.05) is 24.3 Å². The largest absolute Gasteiger partial charge is 0.493 e. The highest BCUT2D eigenvalue weighted by atomic mass is 32.1. The molecule has 0 saturated carbocycles. The van der Waals surface area contributed by atoms with E-state index in [0.29, 0.717) is 35.6 Å². The van der Waals surface area contributed by atoms with E-state index in [1.807, 2.05) is 66.7 Å². The average molecular weight is 453 g/mol. The highest BCUT2D eigenvalue weighted by molar-refractivity contribution is 7.80. The molecule has 4 N–H and O–H groups in total. The molecule has 0 unspecified atom stereocenters. The Morgan fingerprint density at radius 3 is 2.03 bits per heavy atom. The SMILES string of the molecule is COc1cc(CNC(=S)Nc2cccc(NCNc3ccccc3)c2)cc(OC)c1OC. The van der Waals surface area contributed by atoms with Crippen LogP contribution in [0.1, 0.15) is 5.56 Å². The van der Waals surface area contributed by atoms with Gasteiger partial charge < -0.3 is 35.5 Å². The van der Waals surface area contributed by atoms with Gasteiger partial charge in [-0.2, -0.15) is 0 Å². The number of ether oxygens (including phenoxy) is 3. The van der Waals surface area contributed by atoms with Crippen LogP contribution in [-0.2, 0) is 6.54 Å². The van der Waals surface area contributed by atoms with Gasteiger partial charge in [0.2, 0.25) is 5.75 Å². The molecule has 0 aromatic heterocycles. The maximum atomic E-state index is 5.46. The summed E-state index contributed by atoms with van der Waals surface area (Å²) in [6.07, 6.45) is 0. The summed E-state index contributed by atoms with van der Waals surface area (Å²) in [5.41, 5.74) is 3.88. The number of thiocarbonyl (C=S) groups is 1. The fourth-order valence-electron chi connectivity index (χ4n) is 3.11. The third kappa shape index (κ3) is 6.42. The molecule has 0 aliphatic carbocycles. The lowest BCUT2D eigenvalue weighted by Gasteiger charge is -2.16. The van der Waals surface area contributed by atoms with Crippen molar-refractivity contribution < 1.29 is 14.2 Å². The summed E-state index contributed by atoms with van der Waals surface area (Å²) >= 11 is 5.46. The molecular formula is C24H28N4O3S. The minimum absolute atomic E-state index is 0.501. The van der Waals surface area contributed by atoms with Gasteiger partial charge in [-0.05, 0) is 60.2 Å². The summed E-state index contributed by atoms with van der Waals surface area (Å²) in [6.45, 7) is 1.11. The second-order valence-corrected chi connectivity index (χ2v) is 7.23. The van der Waals surface area contributed by atoms with Gasteiger partial charge >= 0.3 is 0 Å². The number of methoxy groups -OCH3 is 3. The highest BCUT2D eigenvalue weighted by Gasteiger charge is 2.13. The van der Waals surface area contributed by atoms with E-state index in [0.717, 1.165) is 22.6 Å². The zero-order valence-corrected chi connectivity index (χ0v) is 19.2. The molecule has 0 aliphatic heterocycles. The predicted octanol–water partition coefficient (Wildman–Crippen LogP) is 4.68. The lowest BCUT2D eigenvalue weighted by molar-refractivity contribution is 0.323. The molecule has 3 aromatic rings. The van der Waals surface area contributed by atoms with E-state index in [-0.39, 0.29) is 0 Å². The molecule has 0 radical (unpaired) electrons. The first-order valence-electron chi connectivity index (χ1n) is 10.1. The molecule has 0 spiro atoms. The van der Waals surface area contributed by atoms with Crippen LogP contribution in [0.3, 0.4) is 0 Å². The van der Waals surface area contributed by atoms with E-state index < -0.39 is 0 Å². The van der Waals surface area contributed by atoms with Gasteiger partial charge in [0.1, 0.15) is 0 Å². The van der Waals surface area contributed by atoms with Crippen molar-refractivity contribution in [2.24, 2.45) is 0 Å². The molecule has 0 bridgehead atoms. The van der Waals surface area contributed by atoms with Crippen molar-refractivity contribution in [3.63, 3.8) is 0 Å². The Kier molecular flexibility index (Phi) is 8.39. The minimum atomic E-state index is 0.501. The molecule has 8 heteroatoms. The summed E-state index contributed by atoms with van der Waals surface area (Å²) < 4.78 is 16.2. The van der Waals surface area contributed by atoms with Crippen LogP contribution >= 0.6 is 12.2 Å². The Morgan fingerprint density at radius 2 is 1.38 bits per heavy atom. The van der Waals surface area contributed by atoms with Gasteiger partial charge in [-0.3, -0.25) is 0 Å². The van der Waals surface area contributed by atoms with Crippen molar-refractivity contribution >= 4 is 34.4 Å². The van der Waals surface area contributed by atoms with Crippen LogP contribution < -0.4 is 35.5 Å². The summed E-state index contributed by atoms with van der Waals surface area (Å²) in [4.78, 5) is 0. The van der Waals surface area contributed by atoms with E-state index in [1.54, 1.807) is 21.3 Å². The quantitative estimate of drug-likeness (QED) is 0.261. The summed E-state index contributed by atoms with van der Waals surface area (Å²) in [7, 11) is 4.77. The predicted molar refractivity (Wildman–Crippen MR) is 134 cm³/mol. The highest BCUT2D eigenvalue weighted by Crippen LogP contribution is 2.38. The molecule has 0 fully saturated rings. The van der Waals surface area contributed by atoms with Crippen molar-refractivity contribution in [1.82, 2.24) is 5.32 Å². The molecular weight excluding hydrogens is 424 g/mol. The zero-order valence-electron chi connectivity index (χ0n) is 18.4. The first-order valence-corrected chi connectivity index (χ1v) is 10.5. The number of nitrogens with one attached hydrogen (secondary N) is 4. The number of hydrogen-bond acceptors (Lipinski definition) is 6. The van der Waals surface area contributed by atoms with Gasteiger partial charge in [0.15, 0.2) is 16.6 Å². The molecule has 0 saturated heterocycles. The molecule has 3 rings (SSSR count). The van der Waals surface area contributed by atoms with Crippen LogP contribution in [-0.4, -0.2) is 33.1 Å². The van der Waals surface area contributed by atoms with E-state index in [9.17, 15) is 0 Å². The van der Waals surface area contributed by atoms with Gasteiger partial charge in [-0.15, -0.1) is 0 Å². The van der Waals surface area contributed by atoms with Crippen LogP contribution in [0.4, 0.5) is 17.1 Å². The van der Waals surface area contributed by atoms with E-state index in [4.69, 9.17) is 26.4 Å². The Hall–Kier alpha value is -3.65. The number of para-hydroxylation sites is 1. The normalized spacial score (nSPS) is 10.1. The fraction of sp³-hybridized carbons (Fsp3) is 0.208. The monoisotopic (exact) mass is 452 g/mol. The number of anilines is 3. The lowest BCUT2D eigenvalue weighted by atomic mass is 10.2. The van der Waals surface area contributed by atoms with E-state index in [2.05, 4.69) is 21.3 Å². The van der Waals surface area contributed by atoms with Crippen LogP contribution in [0.25, 0.3) is 0 Å². The van der Waals surface area contributed by atoms with Crippen molar-refractivity contribution in [2.45, 2.75) is 6.54 Å². The summed E-state index contributed by atoms with van der Waals surface area (Å²) in [5.74, 6) is 1.77. The molecule has 0 atom stereocenters. The van der Waals surface area contributed by atoms with Crippen LogP contribution in [0.15, 0.2) is 66.7 Å². The Morgan fingerprint density at radius 1 is 0.750 bits per heavy atom. The molecule has 32 heavy (non-hydrogen) atoms. The molecule has 3 aromatic carbocycles. The van der Waals surface area contributed by atoms with Crippen molar-refractivity contribution in [2.75, 3.05) is 43.9 Å². The van der Waals surface area contributed by atoms with Gasteiger partial charge in [-0.25, -0.2) is 0 Å². The van der Waals surface area contributed by atoms with Crippen molar-refractivity contribution in [3.05, 3.63) is 72.3 Å². The molecule has 7 nitrogen and oxygen atoms in total. The summed E-state index contributed by atoms with van der Waals surface area (Å²) in [5, 5.41) is 13.6. The van der Waals surface area contributed by atoms with Crippen LogP contribution in [0.5, 0.6) is 17.2 Å². The zero-order chi connectivity index (χ0) is 22.8. The lowest BCUT2D eigenvalue weighted by Crippen LogP contribution is -2.28. The number of benzene rings is 3. The average Bonchev–Trinajstić information content (AvgIpc) is 2.83. The van der Waals surface area contributed by atoms with Crippen LogP contribution in [0.2, 0.25) is 0 Å². The van der Waals surface area contributed by atoms with Crippen molar-refractivity contribution in [1.29, 1.82) is 0 Å². The smallest absolute Gasteiger partial charge is 0.203 e.